The minimum atomic E-state index is -0.650. The van der Waals surface area contributed by atoms with Crippen molar-refractivity contribution >= 4 is 23.2 Å². The Labute approximate surface area is 178 Å². The molecule has 0 aromatic carbocycles. The Morgan fingerprint density at radius 3 is 2.63 bits per heavy atom. The topological polar surface area (TPSA) is 89.8 Å². The number of aromatic nitrogens is 3. The highest BCUT2D eigenvalue weighted by atomic mass is 32.1. The average Bonchev–Trinajstić information content (AvgIpc) is 3.43. The van der Waals surface area contributed by atoms with Gasteiger partial charge in [-0.05, 0) is 6.92 Å². The van der Waals surface area contributed by atoms with E-state index in [1.165, 1.54) is 11.3 Å². The normalized spacial score (nSPS) is 23.4. The Hall–Kier alpha value is -2.30. The maximum absolute atomic E-state index is 13.1. The number of imidazole rings is 1. The van der Waals surface area contributed by atoms with Gasteiger partial charge in [0.15, 0.2) is 6.10 Å². The molecular weight excluding hydrogens is 406 g/mol. The van der Waals surface area contributed by atoms with Crippen LogP contribution in [0.5, 0.6) is 0 Å². The van der Waals surface area contributed by atoms with Crippen molar-refractivity contribution in [1.82, 2.24) is 24.3 Å². The minimum Gasteiger partial charge on any atom is -0.378 e. The van der Waals surface area contributed by atoms with Gasteiger partial charge in [0.2, 0.25) is 0 Å². The number of likely N-dealkylation sites (tertiary alicyclic amines) is 1. The summed E-state index contributed by atoms with van der Waals surface area (Å²) in [5, 5.41) is 2.69. The molecule has 9 nitrogen and oxygen atoms in total. The first kappa shape index (κ1) is 19.7. The summed E-state index contributed by atoms with van der Waals surface area (Å²) in [7, 11) is 0. The summed E-state index contributed by atoms with van der Waals surface area (Å²) in [6.45, 7) is 5.76. The van der Waals surface area contributed by atoms with Crippen LogP contribution >= 0.6 is 11.3 Å². The lowest BCUT2D eigenvalue weighted by atomic mass is 9.88. The first-order valence-corrected chi connectivity index (χ1v) is 11.2. The van der Waals surface area contributed by atoms with Crippen molar-refractivity contribution in [2.45, 2.75) is 38.0 Å². The number of ether oxygens (including phenoxy) is 2. The van der Waals surface area contributed by atoms with Crippen molar-refractivity contribution in [1.29, 1.82) is 0 Å². The molecule has 5 heterocycles. The number of amides is 2. The van der Waals surface area contributed by atoms with E-state index < -0.39 is 11.7 Å². The Balaban J connectivity index is 1.33. The third-order valence-corrected chi connectivity index (χ3v) is 6.92. The van der Waals surface area contributed by atoms with Crippen LogP contribution in [0, 0.1) is 6.92 Å². The van der Waals surface area contributed by atoms with Crippen LogP contribution in [0.25, 0.3) is 0 Å². The summed E-state index contributed by atoms with van der Waals surface area (Å²) in [5.74, 6) is 0.813. The van der Waals surface area contributed by atoms with Crippen molar-refractivity contribution in [3.8, 4) is 0 Å². The van der Waals surface area contributed by atoms with E-state index >= 15 is 0 Å². The second kappa shape index (κ2) is 7.75. The van der Waals surface area contributed by atoms with Gasteiger partial charge in [-0.3, -0.25) is 9.59 Å². The van der Waals surface area contributed by atoms with Gasteiger partial charge < -0.3 is 23.8 Å². The molecule has 1 atom stereocenters. The van der Waals surface area contributed by atoms with E-state index in [2.05, 4.69) is 9.97 Å². The lowest BCUT2D eigenvalue weighted by Gasteiger charge is -2.46. The number of nitrogens with zero attached hydrogens (tertiary/aromatic N) is 5. The molecule has 2 aromatic rings. The fourth-order valence-electron chi connectivity index (χ4n) is 4.55. The highest BCUT2D eigenvalue weighted by Gasteiger charge is 2.48. The molecule has 10 heteroatoms. The molecule has 160 valence electrons. The van der Waals surface area contributed by atoms with Crippen LogP contribution in [0.2, 0.25) is 0 Å². The van der Waals surface area contributed by atoms with Crippen LogP contribution in [-0.4, -0.2) is 81.6 Å². The van der Waals surface area contributed by atoms with Crippen LogP contribution in [0.4, 0.5) is 0 Å². The molecule has 3 aliphatic heterocycles. The van der Waals surface area contributed by atoms with Crippen LogP contribution in [-0.2, 0) is 26.4 Å². The molecule has 2 saturated heterocycles. The second-order valence-electron chi connectivity index (χ2n) is 7.99. The molecule has 0 radical (unpaired) electrons. The van der Waals surface area contributed by atoms with Crippen molar-refractivity contribution in [3.05, 3.63) is 34.3 Å². The van der Waals surface area contributed by atoms with Gasteiger partial charge in [-0.1, -0.05) is 0 Å². The van der Waals surface area contributed by atoms with Crippen molar-refractivity contribution in [2.24, 2.45) is 0 Å². The highest BCUT2D eigenvalue weighted by Crippen LogP contribution is 2.40. The molecule has 3 aliphatic rings. The summed E-state index contributed by atoms with van der Waals surface area (Å²) >= 11 is 1.48. The van der Waals surface area contributed by atoms with Gasteiger partial charge in [0.1, 0.15) is 17.1 Å². The fourth-order valence-corrected chi connectivity index (χ4v) is 5.14. The Morgan fingerprint density at radius 2 is 1.93 bits per heavy atom. The molecule has 0 bridgehead atoms. The van der Waals surface area contributed by atoms with E-state index in [-0.39, 0.29) is 11.8 Å². The zero-order chi connectivity index (χ0) is 20.7. The summed E-state index contributed by atoms with van der Waals surface area (Å²) in [6.07, 6.45) is 4.33. The number of hydrogen-bond acceptors (Lipinski definition) is 7. The lowest BCUT2D eigenvalue weighted by Crippen LogP contribution is -2.56. The van der Waals surface area contributed by atoms with E-state index in [0.29, 0.717) is 64.5 Å². The fraction of sp³-hybridized carbons (Fsp3) is 0.600. The predicted octanol–water partition coefficient (Wildman–Crippen LogP) is 1.04. The van der Waals surface area contributed by atoms with Gasteiger partial charge in [0.25, 0.3) is 11.8 Å². The first-order chi connectivity index (χ1) is 14.6. The van der Waals surface area contributed by atoms with E-state index in [0.717, 1.165) is 10.8 Å². The number of piperidine rings is 1. The van der Waals surface area contributed by atoms with Gasteiger partial charge in [-0.15, -0.1) is 11.3 Å². The number of carbonyl (C=O) groups excluding carboxylic acids is 2. The minimum absolute atomic E-state index is 0.00785. The molecule has 0 saturated carbocycles. The standard InChI is InChI=1S/C20H25N5O4S/c1-14-22-15(13-30-14)17(26)23-5-2-20(3-6-23)19-21-4-7-25(19)12-16(29-20)18(27)24-8-10-28-11-9-24/h4,7,13,16H,2-3,5-6,8-12H2,1H3. The maximum atomic E-state index is 13.1. The Morgan fingerprint density at radius 1 is 1.17 bits per heavy atom. The van der Waals surface area contributed by atoms with E-state index in [9.17, 15) is 9.59 Å². The molecule has 2 amide bonds. The molecule has 2 fully saturated rings. The quantitative estimate of drug-likeness (QED) is 0.706. The molecule has 2 aromatic heterocycles. The second-order valence-corrected chi connectivity index (χ2v) is 9.05. The van der Waals surface area contributed by atoms with Crippen molar-refractivity contribution in [3.63, 3.8) is 0 Å². The molecule has 5 rings (SSSR count). The highest BCUT2D eigenvalue weighted by molar-refractivity contribution is 7.09. The summed E-state index contributed by atoms with van der Waals surface area (Å²) < 4.78 is 13.9. The van der Waals surface area contributed by atoms with Gasteiger partial charge >= 0.3 is 0 Å². The van der Waals surface area contributed by atoms with Crippen LogP contribution in [0.15, 0.2) is 17.8 Å². The number of rotatable bonds is 2. The SMILES string of the molecule is Cc1nc(C(=O)N2CCC3(CC2)OC(C(=O)N2CCOCC2)Cn2ccnc23)cs1. The van der Waals surface area contributed by atoms with Gasteiger partial charge in [0.05, 0.1) is 24.8 Å². The number of carbonyl (C=O) groups is 2. The van der Waals surface area contributed by atoms with Crippen LogP contribution < -0.4 is 0 Å². The number of hydrogen-bond donors (Lipinski definition) is 0. The maximum Gasteiger partial charge on any atom is 0.273 e. The average molecular weight is 432 g/mol. The number of morpholine rings is 1. The van der Waals surface area contributed by atoms with Crippen LogP contribution in [0.1, 0.15) is 34.2 Å². The number of aryl methyl sites for hydroxylation is 1. The third-order valence-electron chi connectivity index (χ3n) is 6.15. The van der Waals surface area contributed by atoms with Gasteiger partial charge in [-0.2, -0.15) is 0 Å². The zero-order valence-electron chi connectivity index (χ0n) is 17.0. The van der Waals surface area contributed by atoms with Crippen molar-refractivity contribution < 1.29 is 19.1 Å². The number of thiazole rings is 1. The molecule has 1 spiro atoms. The molecule has 0 aliphatic carbocycles. The summed E-state index contributed by atoms with van der Waals surface area (Å²) in [6, 6.07) is 0. The molecular formula is C20H25N5O4S. The largest absolute Gasteiger partial charge is 0.378 e. The summed E-state index contributed by atoms with van der Waals surface area (Å²) in [5.41, 5.74) is -0.150. The monoisotopic (exact) mass is 431 g/mol. The Kier molecular flexibility index (Phi) is 5.08. The van der Waals surface area contributed by atoms with E-state index in [1.54, 1.807) is 6.20 Å². The molecule has 0 N–H and O–H groups in total. The zero-order valence-corrected chi connectivity index (χ0v) is 17.8. The van der Waals surface area contributed by atoms with Crippen LogP contribution in [0.3, 0.4) is 0 Å². The van der Waals surface area contributed by atoms with E-state index in [4.69, 9.17) is 9.47 Å². The Bertz CT molecular complexity index is 943. The van der Waals surface area contributed by atoms with Gasteiger partial charge in [-0.25, -0.2) is 9.97 Å². The smallest absolute Gasteiger partial charge is 0.273 e. The van der Waals surface area contributed by atoms with E-state index in [1.807, 2.05) is 32.9 Å². The lowest BCUT2D eigenvalue weighted by molar-refractivity contribution is -0.182. The summed E-state index contributed by atoms with van der Waals surface area (Å²) in [4.78, 5) is 38.4. The van der Waals surface area contributed by atoms with Crippen molar-refractivity contribution in [2.75, 3.05) is 39.4 Å². The predicted molar refractivity (Wildman–Crippen MR) is 108 cm³/mol. The molecule has 30 heavy (non-hydrogen) atoms. The van der Waals surface area contributed by atoms with Gasteiger partial charge in [0, 0.05) is 56.8 Å². The molecule has 1 unspecified atom stereocenters. The first-order valence-electron chi connectivity index (χ1n) is 10.3. The third kappa shape index (κ3) is 3.42. The number of fused-ring (bicyclic) bond motifs is 2.